The highest BCUT2D eigenvalue weighted by Gasteiger charge is 2.08. The molecule has 0 aliphatic carbocycles. The predicted octanol–water partition coefficient (Wildman–Crippen LogP) is 2.27. The molecule has 8 heteroatoms. The lowest BCUT2D eigenvalue weighted by Gasteiger charge is -2.03. The standard InChI is InChI=1S/C12H13BrN4O2S/c1-8-9(13)7-15-17(8)5-4-11(18)19-16-12(14)10-3-2-6-20-10/h2-3,6-7H,4-5H2,1H3,(H2,14,16). The molecular weight excluding hydrogens is 344 g/mol. The van der Waals surface area contributed by atoms with Crippen LogP contribution in [0.2, 0.25) is 0 Å². The summed E-state index contributed by atoms with van der Waals surface area (Å²) in [6.07, 6.45) is 1.86. The van der Waals surface area contributed by atoms with Gasteiger partial charge in [0.05, 0.1) is 28.5 Å². The summed E-state index contributed by atoms with van der Waals surface area (Å²) in [6, 6.07) is 3.66. The van der Waals surface area contributed by atoms with Gasteiger partial charge in [-0.25, -0.2) is 4.79 Å². The molecule has 0 atom stereocenters. The third kappa shape index (κ3) is 3.67. The topological polar surface area (TPSA) is 82.5 Å². The van der Waals surface area contributed by atoms with Crippen molar-refractivity contribution in [2.24, 2.45) is 10.9 Å². The molecule has 0 spiro atoms. The lowest BCUT2D eigenvalue weighted by atomic mass is 10.4. The van der Waals surface area contributed by atoms with Gasteiger partial charge in [-0.2, -0.15) is 5.10 Å². The van der Waals surface area contributed by atoms with Gasteiger partial charge in [0.1, 0.15) is 0 Å². The summed E-state index contributed by atoms with van der Waals surface area (Å²) in [4.78, 5) is 17.1. The Labute approximate surface area is 128 Å². The minimum Gasteiger partial charge on any atom is -0.380 e. The zero-order chi connectivity index (χ0) is 14.5. The van der Waals surface area contributed by atoms with E-state index >= 15 is 0 Å². The maximum atomic E-state index is 11.6. The number of hydrogen-bond donors (Lipinski definition) is 1. The van der Waals surface area contributed by atoms with Crippen molar-refractivity contribution in [3.8, 4) is 0 Å². The van der Waals surface area contributed by atoms with Crippen LogP contribution >= 0.6 is 27.3 Å². The average molecular weight is 357 g/mol. The molecule has 2 aromatic rings. The maximum Gasteiger partial charge on any atom is 0.336 e. The van der Waals surface area contributed by atoms with Crippen LogP contribution in [0.25, 0.3) is 0 Å². The zero-order valence-electron chi connectivity index (χ0n) is 10.7. The highest BCUT2D eigenvalue weighted by atomic mass is 79.9. The van der Waals surface area contributed by atoms with Crippen molar-refractivity contribution in [2.45, 2.75) is 19.9 Å². The fourth-order valence-corrected chi connectivity index (χ4v) is 2.38. The molecule has 0 aromatic carbocycles. The van der Waals surface area contributed by atoms with Crippen LogP contribution in [0, 0.1) is 6.92 Å². The van der Waals surface area contributed by atoms with Crippen LogP contribution in [0.1, 0.15) is 17.0 Å². The smallest absolute Gasteiger partial charge is 0.336 e. The van der Waals surface area contributed by atoms with Crippen molar-refractivity contribution >= 4 is 39.1 Å². The molecule has 0 aliphatic rings. The molecule has 2 rings (SSSR count). The first kappa shape index (κ1) is 14.7. The van der Waals surface area contributed by atoms with Crippen molar-refractivity contribution in [1.82, 2.24) is 9.78 Å². The molecule has 0 bridgehead atoms. The number of aromatic nitrogens is 2. The van der Waals surface area contributed by atoms with E-state index in [1.165, 1.54) is 11.3 Å². The molecule has 0 aliphatic heterocycles. The SMILES string of the molecule is Cc1c(Br)cnn1CCC(=O)O/N=C(\N)c1cccs1. The lowest BCUT2D eigenvalue weighted by Crippen LogP contribution is -2.14. The second-order valence-electron chi connectivity index (χ2n) is 3.97. The van der Waals surface area contributed by atoms with Crippen molar-refractivity contribution < 1.29 is 9.63 Å². The van der Waals surface area contributed by atoms with Gasteiger partial charge in [0, 0.05) is 5.69 Å². The van der Waals surface area contributed by atoms with Crippen LogP contribution in [-0.2, 0) is 16.2 Å². The quantitative estimate of drug-likeness (QED) is 0.385. The highest BCUT2D eigenvalue weighted by molar-refractivity contribution is 9.10. The molecular formula is C12H13BrN4O2S. The Morgan fingerprint density at radius 3 is 3.05 bits per heavy atom. The maximum absolute atomic E-state index is 11.6. The highest BCUT2D eigenvalue weighted by Crippen LogP contribution is 2.14. The van der Waals surface area contributed by atoms with Crippen LogP contribution in [0.15, 0.2) is 33.3 Å². The molecule has 6 nitrogen and oxygen atoms in total. The summed E-state index contributed by atoms with van der Waals surface area (Å²) in [5.41, 5.74) is 6.64. The normalized spacial score (nSPS) is 11.6. The third-order valence-electron chi connectivity index (χ3n) is 2.59. The number of halogens is 1. The van der Waals surface area contributed by atoms with E-state index in [2.05, 4.69) is 26.2 Å². The summed E-state index contributed by atoms with van der Waals surface area (Å²) in [5, 5.41) is 9.62. The molecule has 20 heavy (non-hydrogen) atoms. The predicted molar refractivity (Wildman–Crippen MR) is 80.4 cm³/mol. The fraction of sp³-hybridized carbons (Fsp3) is 0.250. The van der Waals surface area contributed by atoms with Crippen molar-refractivity contribution in [3.05, 3.63) is 38.8 Å². The number of amidine groups is 1. The number of nitrogens with zero attached hydrogens (tertiary/aromatic N) is 3. The van der Waals surface area contributed by atoms with Crippen LogP contribution < -0.4 is 5.73 Å². The Hall–Kier alpha value is -1.67. The van der Waals surface area contributed by atoms with E-state index in [-0.39, 0.29) is 12.3 Å². The van der Waals surface area contributed by atoms with Crippen LogP contribution in [-0.4, -0.2) is 21.6 Å². The molecule has 0 unspecified atom stereocenters. The van der Waals surface area contributed by atoms with E-state index in [1.807, 2.05) is 24.4 Å². The molecule has 0 saturated heterocycles. The summed E-state index contributed by atoms with van der Waals surface area (Å²) in [6.45, 7) is 2.35. The van der Waals surface area contributed by atoms with E-state index in [1.54, 1.807) is 10.9 Å². The summed E-state index contributed by atoms with van der Waals surface area (Å²) < 4.78 is 2.63. The van der Waals surface area contributed by atoms with Crippen LogP contribution in [0.3, 0.4) is 0 Å². The zero-order valence-corrected chi connectivity index (χ0v) is 13.1. The first-order valence-electron chi connectivity index (χ1n) is 5.83. The second kappa shape index (κ2) is 6.67. The minimum atomic E-state index is -0.449. The van der Waals surface area contributed by atoms with Gasteiger partial charge in [0.15, 0.2) is 5.84 Å². The fourth-order valence-electron chi connectivity index (χ4n) is 1.46. The monoisotopic (exact) mass is 356 g/mol. The van der Waals surface area contributed by atoms with E-state index < -0.39 is 5.97 Å². The first-order chi connectivity index (χ1) is 9.58. The van der Waals surface area contributed by atoms with Gasteiger partial charge in [0.2, 0.25) is 0 Å². The molecule has 2 heterocycles. The third-order valence-corrected chi connectivity index (χ3v) is 4.26. The van der Waals surface area contributed by atoms with Gasteiger partial charge < -0.3 is 10.6 Å². The van der Waals surface area contributed by atoms with Gasteiger partial charge in [0.25, 0.3) is 0 Å². The van der Waals surface area contributed by atoms with Gasteiger partial charge in [-0.15, -0.1) is 11.3 Å². The molecule has 0 radical (unpaired) electrons. The molecule has 2 aromatic heterocycles. The summed E-state index contributed by atoms with van der Waals surface area (Å²) in [7, 11) is 0. The van der Waals surface area contributed by atoms with Gasteiger partial charge in [-0.1, -0.05) is 11.2 Å². The number of carbonyl (C=O) groups excluding carboxylic acids is 1. The van der Waals surface area contributed by atoms with Gasteiger partial charge >= 0.3 is 5.97 Å². The number of oxime groups is 1. The van der Waals surface area contributed by atoms with Crippen LogP contribution in [0.5, 0.6) is 0 Å². The number of rotatable bonds is 5. The molecule has 0 saturated carbocycles. The number of carbonyl (C=O) groups is 1. The molecule has 0 amide bonds. The van der Waals surface area contributed by atoms with Crippen LogP contribution in [0.4, 0.5) is 0 Å². The lowest BCUT2D eigenvalue weighted by molar-refractivity contribution is -0.143. The number of nitrogens with two attached hydrogens (primary N) is 1. The Morgan fingerprint density at radius 2 is 2.45 bits per heavy atom. The van der Waals surface area contributed by atoms with E-state index in [0.29, 0.717) is 6.54 Å². The van der Waals surface area contributed by atoms with E-state index in [0.717, 1.165) is 15.0 Å². The van der Waals surface area contributed by atoms with Crippen molar-refractivity contribution in [3.63, 3.8) is 0 Å². The van der Waals surface area contributed by atoms with Gasteiger partial charge in [-0.3, -0.25) is 4.68 Å². The molecule has 0 fully saturated rings. The summed E-state index contributed by atoms with van der Waals surface area (Å²) in [5.74, 6) is -0.248. The number of aryl methyl sites for hydroxylation is 1. The minimum absolute atomic E-state index is 0.177. The first-order valence-corrected chi connectivity index (χ1v) is 7.50. The second-order valence-corrected chi connectivity index (χ2v) is 5.77. The average Bonchev–Trinajstić information content (AvgIpc) is 3.06. The Bertz CT molecular complexity index is 621. The van der Waals surface area contributed by atoms with E-state index in [9.17, 15) is 4.79 Å². The largest absolute Gasteiger partial charge is 0.380 e. The van der Waals surface area contributed by atoms with Crippen molar-refractivity contribution in [1.29, 1.82) is 0 Å². The van der Waals surface area contributed by atoms with E-state index in [4.69, 9.17) is 10.6 Å². The molecule has 106 valence electrons. The van der Waals surface area contributed by atoms with Crippen molar-refractivity contribution in [2.75, 3.05) is 0 Å². The molecule has 2 N–H and O–H groups in total. The summed E-state index contributed by atoms with van der Waals surface area (Å²) >= 11 is 4.79. The van der Waals surface area contributed by atoms with Gasteiger partial charge in [-0.05, 0) is 34.3 Å². The number of hydrogen-bond acceptors (Lipinski definition) is 5. The number of thiophene rings is 1. The Morgan fingerprint density at radius 1 is 1.65 bits per heavy atom. The Balaban J connectivity index is 1.84. The Kier molecular flexibility index (Phi) is 4.91.